The fourth-order valence-corrected chi connectivity index (χ4v) is 1.24. The molecule has 0 heterocycles. The number of hydrogen-bond acceptors (Lipinski definition) is 0. The molecule has 40 valence electrons. The van der Waals surface area contributed by atoms with E-state index >= 15 is 0 Å². The van der Waals surface area contributed by atoms with Crippen molar-refractivity contribution in [3.05, 3.63) is 29.8 Å². The third kappa shape index (κ3) is 1.38. The first-order chi connectivity index (χ1) is 3.79. The van der Waals surface area contributed by atoms with Gasteiger partial charge in [-0.25, -0.2) is 0 Å². The van der Waals surface area contributed by atoms with Gasteiger partial charge in [-0.1, -0.05) is 0 Å². The maximum atomic E-state index is 2.52. The minimum absolute atomic E-state index is 1.28. The molecule has 0 N–H and O–H groups in total. The molecular weight excluding hydrogens is 159 g/mol. The van der Waals surface area contributed by atoms with E-state index in [1.165, 1.54) is 9.91 Å². The molecule has 0 saturated heterocycles. The number of aryl methyl sites for hydroxylation is 1. The average molecular weight is 166 g/mol. The van der Waals surface area contributed by atoms with Crippen molar-refractivity contribution in [2.24, 2.45) is 0 Å². The van der Waals surface area contributed by atoms with E-state index in [1.54, 1.807) is 0 Å². The van der Waals surface area contributed by atoms with Gasteiger partial charge in [-0.2, -0.15) is 0 Å². The van der Waals surface area contributed by atoms with Crippen molar-refractivity contribution < 1.29 is 0 Å². The summed E-state index contributed by atoms with van der Waals surface area (Å²) in [5, 5.41) is 0. The van der Waals surface area contributed by atoms with Gasteiger partial charge >= 0.3 is 58.0 Å². The van der Waals surface area contributed by atoms with Crippen LogP contribution in [0.5, 0.6) is 0 Å². The predicted molar refractivity (Wildman–Crippen MR) is 36.6 cm³/mol. The molecule has 2 radical (unpaired) electrons. The molecule has 0 spiro atoms. The maximum absolute atomic E-state index is 2.52. The van der Waals surface area contributed by atoms with Gasteiger partial charge < -0.3 is 0 Å². The molecule has 0 aliphatic rings. The van der Waals surface area contributed by atoms with Gasteiger partial charge in [-0.3, -0.25) is 0 Å². The molecule has 0 aliphatic heterocycles. The van der Waals surface area contributed by atoms with Crippen molar-refractivity contribution in [1.29, 1.82) is 0 Å². The molecule has 0 nitrogen and oxygen atoms in total. The molecular formula is C7H7As. The molecule has 0 amide bonds. The van der Waals surface area contributed by atoms with Gasteiger partial charge in [0.1, 0.15) is 0 Å². The van der Waals surface area contributed by atoms with Crippen LogP contribution < -0.4 is 4.35 Å². The second-order valence-electron chi connectivity index (χ2n) is 1.84. The van der Waals surface area contributed by atoms with E-state index in [-0.39, 0.29) is 0 Å². The van der Waals surface area contributed by atoms with E-state index in [0.29, 0.717) is 0 Å². The van der Waals surface area contributed by atoms with Gasteiger partial charge in [-0.15, -0.1) is 0 Å². The van der Waals surface area contributed by atoms with Crippen molar-refractivity contribution in [1.82, 2.24) is 0 Å². The standard InChI is InChI=1S/C7H7As/c1-6-3-2-4-7(8)5-6/h2-5H,1H3. The van der Waals surface area contributed by atoms with E-state index < -0.39 is 0 Å². The Hall–Kier alpha value is -0.222. The fraction of sp³-hybridized carbons (Fsp3) is 0.143. The topological polar surface area (TPSA) is 0 Å². The first kappa shape index (κ1) is 5.91. The van der Waals surface area contributed by atoms with Crippen LogP contribution >= 0.6 is 0 Å². The Morgan fingerprint density at radius 1 is 1.38 bits per heavy atom. The van der Waals surface area contributed by atoms with Crippen LogP contribution in [0.4, 0.5) is 0 Å². The number of hydrogen-bond donors (Lipinski definition) is 0. The molecule has 1 rings (SSSR count). The van der Waals surface area contributed by atoms with Gasteiger partial charge in [0.05, 0.1) is 0 Å². The molecule has 0 saturated carbocycles. The molecule has 8 heavy (non-hydrogen) atoms. The molecule has 0 aromatic heterocycles. The van der Waals surface area contributed by atoms with E-state index in [2.05, 4.69) is 48.0 Å². The first-order valence-corrected chi connectivity index (χ1v) is 3.48. The molecule has 1 aromatic rings. The fourth-order valence-electron chi connectivity index (χ4n) is 0.628. The summed E-state index contributed by atoms with van der Waals surface area (Å²) >= 11 is 2.52. The molecule has 1 heteroatoms. The van der Waals surface area contributed by atoms with Crippen LogP contribution in [0.2, 0.25) is 0 Å². The summed E-state index contributed by atoms with van der Waals surface area (Å²) in [4.78, 5) is 0. The van der Waals surface area contributed by atoms with Crippen molar-refractivity contribution in [2.45, 2.75) is 6.92 Å². The van der Waals surface area contributed by atoms with Crippen LogP contribution in [0.1, 0.15) is 5.56 Å². The summed E-state index contributed by atoms with van der Waals surface area (Å²) in [5.41, 5.74) is 1.32. The normalized spacial score (nSPS) is 9.25. The zero-order valence-corrected chi connectivity index (χ0v) is 6.63. The van der Waals surface area contributed by atoms with Crippen molar-refractivity contribution >= 4 is 21.2 Å². The molecule has 0 fully saturated rings. The Morgan fingerprint density at radius 3 is 2.50 bits per heavy atom. The molecule has 1 aromatic carbocycles. The van der Waals surface area contributed by atoms with Crippen LogP contribution in [0.3, 0.4) is 0 Å². The monoisotopic (exact) mass is 166 g/mol. The van der Waals surface area contributed by atoms with E-state index in [9.17, 15) is 0 Å². The second kappa shape index (κ2) is 2.37. The third-order valence-electron chi connectivity index (χ3n) is 1.00. The van der Waals surface area contributed by atoms with Crippen LogP contribution in [-0.2, 0) is 0 Å². The first-order valence-electron chi connectivity index (χ1n) is 2.54. The SMILES string of the molecule is Cc1cccc([As])c1. The van der Waals surface area contributed by atoms with Gasteiger partial charge in [-0.05, 0) is 0 Å². The van der Waals surface area contributed by atoms with Gasteiger partial charge in [0.25, 0.3) is 0 Å². The summed E-state index contributed by atoms with van der Waals surface area (Å²) in [5.74, 6) is 0. The van der Waals surface area contributed by atoms with Crippen LogP contribution in [0.15, 0.2) is 24.3 Å². The zero-order chi connectivity index (χ0) is 5.98. The Labute approximate surface area is 58.4 Å². The van der Waals surface area contributed by atoms with Gasteiger partial charge in [0, 0.05) is 0 Å². The third-order valence-corrected chi connectivity index (χ3v) is 1.59. The van der Waals surface area contributed by atoms with Crippen molar-refractivity contribution in [3.8, 4) is 0 Å². The van der Waals surface area contributed by atoms with E-state index in [4.69, 9.17) is 0 Å². The van der Waals surface area contributed by atoms with Crippen LogP contribution in [0, 0.1) is 6.92 Å². The predicted octanol–water partition coefficient (Wildman–Crippen LogP) is 0.789. The van der Waals surface area contributed by atoms with Gasteiger partial charge in [0.2, 0.25) is 0 Å². The molecule has 0 aliphatic carbocycles. The zero-order valence-electron chi connectivity index (χ0n) is 4.76. The molecule has 0 bridgehead atoms. The Bertz CT molecular complexity index is 164. The summed E-state index contributed by atoms with van der Waals surface area (Å²) in [7, 11) is 0. The summed E-state index contributed by atoms with van der Waals surface area (Å²) in [6, 6.07) is 8.37. The van der Waals surface area contributed by atoms with E-state index in [1.807, 2.05) is 0 Å². The Kier molecular flexibility index (Phi) is 1.75. The van der Waals surface area contributed by atoms with Crippen LogP contribution in [-0.4, -0.2) is 16.9 Å². The molecule has 0 unspecified atom stereocenters. The number of benzene rings is 1. The van der Waals surface area contributed by atoms with Crippen molar-refractivity contribution in [3.63, 3.8) is 0 Å². The minimum atomic E-state index is 1.28. The summed E-state index contributed by atoms with van der Waals surface area (Å²) < 4.78 is 1.28. The summed E-state index contributed by atoms with van der Waals surface area (Å²) in [6.07, 6.45) is 0. The van der Waals surface area contributed by atoms with Crippen molar-refractivity contribution in [2.75, 3.05) is 0 Å². The number of rotatable bonds is 0. The average Bonchev–Trinajstić information content (AvgIpc) is 1.64. The van der Waals surface area contributed by atoms with Gasteiger partial charge in [0.15, 0.2) is 0 Å². The van der Waals surface area contributed by atoms with Crippen LogP contribution in [0.25, 0.3) is 0 Å². The molecule has 0 atom stereocenters. The quantitative estimate of drug-likeness (QED) is 0.500. The Morgan fingerprint density at radius 2 is 2.12 bits per heavy atom. The Balaban J connectivity index is 3.08. The summed E-state index contributed by atoms with van der Waals surface area (Å²) in [6.45, 7) is 2.09. The van der Waals surface area contributed by atoms with E-state index in [0.717, 1.165) is 0 Å². The second-order valence-corrected chi connectivity index (χ2v) is 2.92.